The molecule has 0 unspecified atom stereocenters. The molecule has 2 heteroatoms. The van der Waals surface area contributed by atoms with Crippen molar-refractivity contribution in [2.45, 2.75) is 0 Å². The Morgan fingerprint density at radius 1 is 1.36 bits per heavy atom. The van der Waals surface area contributed by atoms with Crippen molar-refractivity contribution in [3.63, 3.8) is 0 Å². The van der Waals surface area contributed by atoms with Crippen LogP contribution in [0.15, 0.2) is 35.8 Å². The van der Waals surface area contributed by atoms with Crippen molar-refractivity contribution in [3.05, 3.63) is 36.4 Å². The van der Waals surface area contributed by atoms with Gasteiger partial charge in [-0.2, -0.15) is 4.99 Å². The van der Waals surface area contributed by atoms with Crippen LogP contribution in [0.3, 0.4) is 0 Å². The second-order valence-corrected chi connectivity index (χ2v) is 2.02. The van der Waals surface area contributed by atoms with Crippen LogP contribution in [0.25, 0.3) is 6.08 Å². The molecule has 0 fully saturated rings. The molecular weight excluding hydrogens is 136 g/mol. The number of nitrogens with one attached hydrogen (secondary N) is 1. The quantitative estimate of drug-likeness (QED) is 0.619. The zero-order valence-electron chi connectivity index (χ0n) is 6.04. The maximum Gasteiger partial charge on any atom is 0.0918 e. The summed E-state index contributed by atoms with van der Waals surface area (Å²) in [5.41, 5.74) is 1.79. The highest BCUT2D eigenvalue weighted by molar-refractivity contribution is 5.55. The number of hydrogen-bond acceptors (Lipinski definition) is 2. The molecule has 0 aromatic heterocycles. The molecule has 0 aliphatic carbocycles. The first kappa shape index (κ1) is 7.45. The summed E-state index contributed by atoms with van der Waals surface area (Å²) in [5, 5.41) is 6.60. The second kappa shape index (κ2) is 3.49. The van der Waals surface area contributed by atoms with Gasteiger partial charge in [0.2, 0.25) is 0 Å². The van der Waals surface area contributed by atoms with Gasteiger partial charge in [0.1, 0.15) is 0 Å². The fourth-order valence-electron chi connectivity index (χ4n) is 0.749. The minimum atomic E-state index is 0.741. The Hall–Kier alpha value is -1.66. The summed E-state index contributed by atoms with van der Waals surface area (Å²) in [4.78, 5) is 3.66. The van der Waals surface area contributed by atoms with E-state index in [0.717, 1.165) is 11.3 Å². The number of aliphatic imine (C=N–C) groups is 1. The van der Waals surface area contributed by atoms with E-state index in [1.54, 1.807) is 6.08 Å². The van der Waals surface area contributed by atoms with E-state index in [2.05, 4.69) is 11.6 Å². The normalized spacial score (nSPS) is 8.36. The summed E-state index contributed by atoms with van der Waals surface area (Å²) in [6.45, 7) is 3.62. The highest BCUT2D eigenvalue weighted by atomic mass is 14.7. The fourth-order valence-corrected chi connectivity index (χ4v) is 0.749. The molecule has 0 bridgehead atoms. The van der Waals surface area contributed by atoms with Gasteiger partial charge in [-0.15, -0.1) is 0 Å². The van der Waals surface area contributed by atoms with E-state index < -0.39 is 0 Å². The highest BCUT2D eigenvalue weighted by Crippen LogP contribution is 2.12. The minimum absolute atomic E-state index is 0.741. The molecule has 2 nitrogen and oxygen atoms in total. The van der Waals surface area contributed by atoms with Crippen molar-refractivity contribution in [2.24, 2.45) is 4.99 Å². The SMILES string of the molecule is C=Cc1ccc(N=C=N)cc1. The largest absolute Gasteiger partial charge is 0.241 e. The zero-order valence-corrected chi connectivity index (χ0v) is 6.04. The molecule has 1 aromatic rings. The van der Waals surface area contributed by atoms with Gasteiger partial charge < -0.3 is 0 Å². The van der Waals surface area contributed by atoms with Gasteiger partial charge in [-0.3, -0.25) is 0 Å². The maximum absolute atomic E-state index is 6.60. The van der Waals surface area contributed by atoms with Crippen molar-refractivity contribution in [3.8, 4) is 0 Å². The first-order valence-corrected chi connectivity index (χ1v) is 3.22. The van der Waals surface area contributed by atoms with Crippen LogP contribution in [0.1, 0.15) is 5.56 Å². The van der Waals surface area contributed by atoms with Crippen LogP contribution in [0.4, 0.5) is 5.69 Å². The van der Waals surface area contributed by atoms with E-state index in [0.29, 0.717) is 0 Å². The Morgan fingerprint density at radius 3 is 2.45 bits per heavy atom. The number of benzene rings is 1. The molecule has 0 atom stereocenters. The average molecular weight is 144 g/mol. The van der Waals surface area contributed by atoms with Gasteiger partial charge in [-0.05, 0) is 17.7 Å². The standard InChI is InChI=1S/C9H8N2/c1-2-8-3-5-9(6-4-8)11-7-10/h2-6,10H,1H2. The predicted molar refractivity (Wildman–Crippen MR) is 46.3 cm³/mol. The molecule has 0 heterocycles. The lowest BCUT2D eigenvalue weighted by atomic mass is 10.2. The predicted octanol–water partition coefficient (Wildman–Crippen LogP) is 2.71. The molecule has 0 amide bonds. The third-order valence-corrected chi connectivity index (χ3v) is 1.31. The lowest BCUT2D eigenvalue weighted by Gasteiger charge is -1.91. The topological polar surface area (TPSA) is 36.2 Å². The fraction of sp³-hybridized carbons (Fsp3) is 0. The van der Waals surface area contributed by atoms with Crippen molar-refractivity contribution in [1.29, 1.82) is 5.41 Å². The minimum Gasteiger partial charge on any atom is -0.241 e. The van der Waals surface area contributed by atoms with E-state index in [9.17, 15) is 0 Å². The van der Waals surface area contributed by atoms with Gasteiger partial charge in [-0.1, -0.05) is 24.8 Å². The van der Waals surface area contributed by atoms with Gasteiger partial charge in [0.15, 0.2) is 0 Å². The smallest absolute Gasteiger partial charge is 0.0918 e. The Labute approximate surface area is 65.4 Å². The van der Waals surface area contributed by atoms with Crippen LogP contribution < -0.4 is 0 Å². The van der Waals surface area contributed by atoms with Crippen molar-refractivity contribution in [1.82, 2.24) is 0 Å². The molecule has 0 aliphatic rings. The molecule has 54 valence electrons. The van der Waals surface area contributed by atoms with Crippen LogP contribution in [-0.2, 0) is 0 Å². The lowest BCUT2D eigenvalue weighted by Crippen LogP contribution is -1.68. The third-order valence-electron chi connectivity index (χ3n) is 1.31. The van der Waals surface area contributed by atoms with Crippen molar-refractivity contribution < 1.29 is 0 Å². The summed E-state index contributed by atoms with van der Waals surface area (Å²) < 4.78 is 0. The molecule has 1 rings (SSSR count). The number of hydrogen-bond donors (Lipinski definition) is 1. The summed E-state index contributed by atoms with van der Waals surface area (Å²) in [6.07, 6.45) is 1.76. The second-order valence-electron chi connectivity index (χ2n) is 2.02. The average Bonchev–Trinajstić information content (AvgIpc) is 2.07. The molecule has 0 spiro atoms. The molecular formula is C9H8N2. The zero-order chi connectivity index (χ0) is 8.10. The molecule has 0 saturated heterocycles. The van der Waals surface area contributed by atoms with Crippen LogP contribution in [-0.4, -0.2) is 6.01 Å². The van der Waals surface area contributed by atoms with E-state index in [4.69, 9.17) is 5.41 Å². The van der Waals surface area contributed by atoms with Gasteiger partial charge in [-0.25, -0.2) is 5.41 Å². The first-order chi connectivity index (χ1) is 5.36. The maximum atomic E-state index is 6.60. The van der Waals surface area contributed by atoms with Crippen LogP contribution >= 0.6 is 0 Å². The summed E-state index contributed by atoms with van der Waals surface area (Å²) >= 11 is 0. The van der Waals surface area contributed by atoms with E-state index in [1.807, 2.05) is 30.3 Å². The lowest BCUT2D eigenvalue weighted by molar-refractivity contribution is 1.48. The Kier molecular flexibility index (Phi) is 2.37. The van der Waals surface area contributed by atoms with Crippen LogP contribution in [0.5, 0.6) is 0 Å². The van der Waals surface area contributed by atoms with Crippen LogP contribution in [0.2, 0.25) is 0 Å². The third kappa shape index (κ3) is 1.88. The van der Waals surface area contributed by atoms with Gasteiger partial charge in [0, 0.05) is 0 Å². The summed E-state index contributed by atoms with van der Waals surface area (Å²) in [6, 6.07) is 9.39. The van der Waals surface area contributed by atoms with Gasteiger partial charge in [0.25, 0.3) is 0 Å². The number of nitrogens with zero attached hydrogens (tertiary/aromatic N) is 1. The Bertz CT molecular complexity index is 292. The highest BCUT2D eigenvalue weighted by Gasteiger charge is 1.86. The van der Waals surface area contributed by atoms with Crippen molar-refractivity contribution in [2.75, 3.05) is 0 Å². The Morgan fingerprint density at radius 2 is 2.00 bits per heavy atom. The summed E-state index contributed by atoms with van der Waals surface area (Å²) in [5.74, 6) is 0. The summed E-state index contributed by atoms with van der Waals surface area (Å²) in [7, 11) is 0. The van der Waals surface area contributed by atoms with Crippen LogP contribution in [0, 0.1) is 5.41 Å². The molecule has 0 aliphatic heterocycles. The molecule has 11 heavy (non-hydrogen) atoms. The molecule has 0 saturated carbocycles. The van der Waals surface area contributed by atoms with Gasteiger partial charge >= 0.3 is 0 Å². The van der Waals surface area contributed by atoms with Gasteiger partial charge in [0.05, 0.1) is 11.7 Å². The van der Waals surface area contributed by atoms with E-state index in [1.165, 1.54) is 0 Å². The number of rotatable bonds is 2. The Balaban J connectivity index is 2.99. The van der Waals surface area contributed by atoms with E-state index in [-0.39, 0.29) is 0 Å². The molecule has 1 N–H and O–H groups in total. The molecule has 0 radical (unpaired) electrons. The monoisotopic (exact) mass is 144 g/mol. The van der Waals surface area contributed by atoms with Crippen molar-refractivity contribution >= 4 is 17.8 Å². The van der Waals surface area contributed by atoms with E-state index >= 15 is 0 Å². The first-order valence-electron chi connectivity index (χ1n) is 3.22. The molecule has 1 aromatic carbocycles.